The molecule has 2 fully saturated rings. The normalized spacial score (nSPS) is 25.4. The molecule has 0 radical (unpaired) electrons. The first-order valence-electron chi connectivity index (χ1n) is 8.19. The Balaban J connectivity index is 1.33. The van der Waals surface area contributed by atoms with E-state index >= 15 is 0 Å². The van der Waals surface area contributed by atoms with Gasteiger partial charge in [-0.15, -0.1) is 0 Å². The van der Waals surface area contributed by atoms with Crippen LogP contribution in [0, 0.1) is 6.92 Å². The van der Waals surface area contributed by atoms with Crippen LogP contribution in [0.5, 0.6) is 5.75 Å². The Labute approximate surface area is 136 Å². The van der Waals surface area contributed by atoms with Gasteiger partial charge >= 0.3 is 0 Å². The molecule has 2 atom stereocenters. The fraction of sp³-hybridized carbons (Fsp3) is 0.529. The molecule has 2 aromatic rings. The van der Waals surface area contributed by atoms with Gasteiger partial charge in [-0.05, 0) is 19.1 Å². The fourth-order valence-electron chi connectivity index (χ4n) is 3.62. The van der Waals surface area contributed by atoms with Crippen LogP contribution in [0.2, 0.25) is 0 Å². The summed E-state index contributed by atoms with van der Waals surface area (Å²) in [5, 5.41) is 0. The van der Waals surface area contributed by atoms with Crippen molar-refractivity contribution in [3.8, 4) is 5.75 Å². The molecular formula is C17H22N4O2. The second-order valence-corrected chi connectivity index (χ2v) is 6.45. The number of piperazine rings is 1. The quantitative estimate of drug-likeness (QED) is 0.856. The van der Waals surface area contributed by atoms with Gasteiger partial charge in [0, 0.05) is 38.6 Å². The molecule has 122 valence electrons. The van der Waals surface area contributed by atoms with Gasteiger partial charge in [0.1, 0.15) is 24.0 Å². The largest absolute Gasteiger partial charge is 0.486 e. The smallest absolute Gasteiger partial charge is 0.156 e. The van der Waals surface area contributed by atoms with Gasteiger partial charge in [0.25, 0.3) is 0 Å². The molecule has 23 heavy (non-hydrogen) atoms. The molecule has 6 heteroatoms. The molecule has 2 aliphatic rings. The summed E-state index contributed by atoms with van der Waals surface area (Å²) in [6, 6.07) is 4.68. The molecule has 2 aliphatic heterocycles. The van der Waals surface area contributed by atoms with E-state index < -0.39 is 0 Å². The summed E-state index contributed by atoms with van der Waals surface area (Å²) in [4.78, 5) is 13.0. The van der Waals surface area contributed by atoms with E-state index in [1.807, 2.05) is 13.0 Å². The van der Waals surface area contributed by atoms with Gasteiger partial charge in [-0.2, -0.15) is 0 Å². The van der Waals surface area contributed by atoms with Crippen molar-refractivity contribution < 1.29 is 9.15 Å². The number of hydrogen-bond donors (Lipinski definition) is 0. The van der Waals surface area contributed by atoms with Crippen molar-refractivity contribution in [2.45, 2.75) is 32.0 Å². The molecule has 0 N–H and O–H groups in total. The molecule has 6 nitrogen and oxygen atoms in total. The summed E-state index contributed by atoms with van der Waals surface area (Å²) in [5.41, 5.74) is 0. The monoisotopic (exact) mass is 314 g/mol. The Bertz CT molecular complexity index is 645. The molecule has 0 saturated carbocycles. The van der Waals surface area contributed by atoms with Crippen molar-refractivity contribution in [1.82, 2.24) is 19.8 Å². The van der Waals surface area contributed by atoms with Gasteiger partial charge in [0.05, 0.1) is 18.9 Å². The summed E-state index contributed by atoms with van der Waals surface area (Å²) < 4.78 is 11.7. The van der Waals surface area contributed by atoms with E-state index in [9.17, 15) is 0 Å². The molecule has 4 heterocycles. The van der Waals surface area contributed by atoms with E-state index in [0.29, 0.717) is 6.04 Å². The third kappa shape index (κ3) is 3.38. The summed E-state index contributed by atoms with van der Waals surface area (Å²) in [5.74, 6) is 2.81. The number of aryl methyl sites for hydroxylation is 1. The zero-order valence-corrected chi connectivity index (χ0v) is 13.4. The van der Waals surface area contributed by atoms with Crippen molar-refractivity contribution in [3.05, 3.63) is 42.4 Å². The van der Waals surface area contributed by atoms with Crippen LogP contribution in [0.1, 0.15) is 17.9 Å². The summed E-state index contributed by atoms with van der Waals surface area (Å²) in [6.07, 6.45) is 6.28. The average Bonchev–Trinajstić information content (AvgIpc) is 3.13. The van der Waals surface area contributed by atoms with Gasteiger partial charge in [-0.1, -0.05) is 0 Å². The zero-order chi connectivity index (χ0) is 15.6. The molecule has 0 bridgehead atoms. The molecule has 2 saturated heterocycles. The van der Waals surface area contributed by atoms with Gasteiger partial charge in [-0.25, -0.2) is 9.97 Å². The Morgan fingerprint density at radius 1 is 1.22 bits per heavy atom. The third-order valence-electron chi connectivity index (χ3n) is 4.68. The maximum absolute atomic E-state index is 6.02. The molecule has 2 aromatic heterocycles. The number of furan rings is 1. The first-order valence-corrected chi connectivity index (χ1v) is 8.19. The molecule has 0 aliphatic carbocycles. The topological polar surface area (TPSA) is 54.6 Å². The lowest BCUT2D eigenvalue weighted by atomic mass is 10.1. The minimum Gasteiger partial charge on any atom is -0.486 e. The maximum atomic E-state index is 6.02. The number of ether oxygens (including phenoxy) is 1. The van der Waals surface area contributed by atoms with E-state index in [-0.39, 0.29) is 6.10 Å². The second-order valence-electron chi connectivity index (χ2n) is 6.45. The SMILES string of the molecule is Cc1ccc(CN2CCN3C[C@@H](Oc4cncnc4)C[C@H]3C2)o1. The summed E-state index contributed by atoms with van der Waals surface area (Å²) in [7, 11) is 0. The first-order chi connectivity index (χ1) is 11.3. The highest BCUT2D eigenvalue weighted by Gasteiger charge is 2.37. The number of hydrogen-bond acceptors (Lipinski definition) is 6. The summed E-state index contributed by atoms with van der Waals surface area (Å²) in [6.45, 7) is 7.13. The molecule has 0 amide bonds. The van der Waals surface area contributed by atoms with Crippen LogP contribution in [0.15, 0.2) is 35.3 Å². The molecule has 0 unspecified atom stereocenters. The number of aromatic nitrogens is 2. The van der Waals surface area contributed by atoms with E-state index in [0.717, 1.165) is 56.4 Å². The highest BCUT2D eigenvalue weighted by Crippen LogP contribution is 2.26. The number of rotatable bonds is 4. The Morgan fingerprint density at radius 3 is 2.87 bits per heavy atom. The van der Waals surface area contributed by atoms with Gasteiger partial charge in [-0.3, -0.25) is 9.80 Å². The van der Waals surface area contributed by atoms with Crippen molar-refractivity contribution >= 4 is 0 Å². The number of fused-ring (bicyclic) bond motifs is 1. The number of nitrogens with zero attached hydrogens (tertiary/aromatic N) is 4. The van der Waals surface area contributed by atoms with Crippen molar-refractivity contribution in [2.24, 2.45) is 0 Å². The molecule has 4 rings (SSSR count). The lowest BCUT2D eigenvalue weighted by molar-refractivity contribution is 0.0925. The van der Waals surface area contributed by atoms with Gasteiger partial charge in [0.15, 0.2) is 5.75 Å². The van der Waals surface area contributed by atoms with E-state index in [1.165, 1.54) is 6.33 Å². The van der Waals surface area contributed by atoms with Crippen LogP contribution < -0.4 is 4.74 Å². The van der Waals surface area contributed by atoms with Crippen LogP contribution in [-0.2, 0) is 6.54 Å². The van der Waals surface area contributed by atoms with E-state index in [4.69, 9.17) is 9.15 Å². The van der Waals surface area contributed by atoms with Crippen LogP contribution >= 0.6 is 0 Å². The van der Waals surface area contributed by atoms with Crippen LogP contribution in [0.25, 0.3) is 0 Å². The zero-order valence-electron chi connectivity index (χ0n) is 13.4. The first kappa shape index (κ1) is 14.7. The molecule has 0 aromatic carbocycles. The Hall–Kier alpha value is -1.92. The van der Waals surface area contributed by atoms with Crippen molar-refractivity contribution in [3.63, 3.8) is 0 Å². The van der Waals surface area contributed by atoms with Gasteiger partial charge in [0.2, 0.25) is 0 Å². The van der Waals surface area contributed by atoms with E-state index in [2.05, 4.69) is 25.8 Å². The highest BCUT2D eigenvalue weighted by atomic mass is 16.5. The maximum Gasteiger partial charge on any atom is 0.156 e. The predicted octanol–water partition coefficient (Wildman–Crippen LogP) is 1.72. The third-order valence-corrected chi connectivity index (χ3v) is 4.68. The fourth-order valence-corrected chi connectivity index (χ4v) is 3.62. The summed E-state index contributed by atoms with van der Waals surface area (Å²) >= 11 is 0. The highest BCUT2D eigenvalue weighted by molar-refractivity contribution is 5.11. The average molecular weight is 314 g/mol. The van der Waals surface area contributed by atoms with Crippen molar-refractivity contribution in [2.75, 3.05) is 26.2 Å². The lowest BCUT2D eigenvalue weighted by Gasteiger charge is -2.36. The minimum absolute atomic E-state index is 0.233. The second kappa shape index (κ2) is 6.29. The van der Waals surface area contributed by atoms with Crippen molar-refractivity contribution in [1.29, 1.82) is 0 Å². The van der Waals surface area contributed by atoms with Crippen LogP contribution in [0.3, 0.4) is 0 Å². The Morgan fingerprint density at radius 2 is 2.09 bits per heavy atom. The van der Waals surface area contributed by atoms with Gasteiger partial charge < -0.3 is 9.15 Å². The lowest BCUT2D eigenvalue weighted by Crippen LogP contribution is -2.49. The molecular weight excluding hydrogens is 292 g/mol. The van der Waals surface area contributed by atoms with E-state index in [1.54, 1.807) is 12.4 Å². The van der Waals surface area contributed by atoms with Crippen LogP contribution in [0.4, 0.5) is 0 Å². The van der Waals surface area contributed by atoms with Crippen LogP contribution in [-0.4, -0.2) is 58.1 Å². The Kier molecular flexibility index (Phi) is 4.01. The molecule has 0 spiro atoms. The minimum atomic E-state index is 0.233. The standard InChI is InChI=1S/C17H22N4O2/c1-13-2-3-15(22-13)10-20-4-5-21-11-16(6-14(21)9-20)23-17-7-18-12-19-8-17/h2-3,7-8,12,14,16H,4-6,9-11H2,1H3/t14-,16-/m0/s1. The predicted molar refractivity (Wildman–Crippen MR) is 85.1 cm³/mol.